The average molecular weight is 253 g/mol. The highest BCUT2D eigenvalue weighted by molar-refractivity contribution is 4.91. The third kappa shape index (κ3) is 4.07. The van der Waals surface area contributed by atoms with Crippen molar-refractivity contribution in [2.24, 2.45) is 0 Å². The molecule has 5 heteroatoms. The molecule has 2 unspecified atom stereocenters. The molecule has 2 rings (SSSR count). The first-order valence-corrected chi connectivity index (χ1v) is 6.94. The van der Waals surface area contributed by atoms with Gasteiger partial charge in [0.2, 0.25) is 5.89 Å². The third-order valence-corrected chi connectivity index (χ3v) is 3.17. The van der Waals surface area contributed by atoms with Crippen LogP contribution >= 0.6 is 0 Å². The van der Waals surface area contributed by atoms with Crippen LogP contribution < -0.4 is 5.32 Å². The fourth-order valence-corrected chi connectivity index (χ4v) is 2.19. The molecule has 1 N–H and O–H groups in total. The van der Waals surface area contributed by atoms with Crippen LogP contribution in [0.1, 0.15) is 44.8 Å². The van der Waals surface area contributed by atoms with Crippen molar-refractivity contribution in [2.45, 2.75) is 58.1 Å². The van der Waals surface area contributed by atoms with Crippen LogP contribution in [-0.2, 0) is 17.6 Å². The predicted molar refractivity (Wildman–Crippen MR) is 68.4 cm³/mol. The summed E-state index contributed by atoms with van der Waals surface area (Å²) < 4.78 is 10.8. The summed E-state index contributed by atoms with van der Waals surface area (Å²) in [6, 6.07) is 0.376. The van der Waals surface area contributed by atoms with Crippen molar-refractivity contribution in [1.29, 1.82) is 0 Å². The summed E-state index contributed by atoms with van der Waals surface area (Å²) in [6.45, 7) is 6.19. The molecule has 1 fully saturated rings. The summed E-state index contributed by atoms with van der Waals surface area (Å²) in [6.07, 6.45) is 5.24. The maximum Gasteiger partial charge on any atom is 0.228 e. The molecular formula is C13H23N3O2. The van der Waals surface area contributed by atoms with Crippen LogP contribution in [0, 0.1) is 0 Å². The minimum absolute atomic E-state index is 0.283. The lowest BCUT2D eigenvalue weighted by Gasteiger charge is -2.09. The monoisotopic (exact) mass is 253 g/mol. The second-order valence-electron chi connectivity index (χ2n) is 5.00. The Balaban J connectivity index is 1.78. The molecule has 1 aromatic heterocycles. The van der Waals surface area contributed by atoms with Gasteiger partial charge in [-0.2, -0.15) is 4.98 Å². The Morgan fingerprint density at radius 1 is 1.50 bits per heavy atom. The molecule has 0 spiro atoms. The molecule has 102 valence electrons. The molecule has 1 aliphatic rings. The molecule has 0 amide bonds. The van der Waals surface area contributed by atoms with Crippen molar-refractivity contribution in [2.75, 3.05) is 13.2 Å². The minimum atomic E-state index is 0.283. The number of ether oxygens (including phenoxy) is 1. The van der Waals surface area contributed by atoms with E-state index in [2.05, 4.69) is 29.3 Å². The number of nitrogens with one attached hydrogen (secondary N) is 1. The zero-order valence-electron chi connectivity index (χ0n) is 11.3. The number of hydrogen-bond donors (Lipinski definition) is 1. The normalized spacial score (nSPS) is 21.3. The Bertz CT molecular complexity index is 348. The highest BCUT2D eigenvalue weighted by Gasteiger charge is 2.19. The van der Waals surface area contributed by atoms with Gasteiger partial charge in [-0.05, 0) is 32.7 Å². The van der Waals surface area contributed by atoms with Crippen LogP contribution in [0.15, 0.2) is 4.52 Å². The van der Waals surface area contributed by atoms with Gasteiger partial charge in [0.15, 0.2) is 5.82 Å². The van der Waals surface area contributed by atoms with Gasteiger partial charge in [-0.3, -0.25) is 0 Å². The summed E-state index contributed by atoms with van der Waals surface area (Å²) in [5.74, 6) is 1.50. The van der Waals surface area contributed by atoms with E-state index >= 15 is 0 Å². The standard InChI is InChI=1S/C13H23N3O2/c1-3-6-14-10(2)8-13-15-12(16-18-13)9-11-5-4-7-17-11/h10-11,14H,3-9H2,1-2H3. The zero-order chi connectivity index (χ0) is 12.8. The van der Waals surface area contributed by atoms with Crippen LogP contribution in [0.4, 0.5) is 0 Å². The first-order valence-electron chi connectivity index (χ1n) is 6.94. The molecule has 2 atom stereocenters. The summed E-state index contributed by atoms with van der Waals surface area (Å²) in [5, 5.41) is 7.43. The summed E-state index contributed by atoms with van der Waals surface area (Å²) in [7, 11) is 0. The topological polar surface area (TPSA) is 60.2 Å². The van der Waals surface area contributed by atoms with Gasteiger partial charge in [-0.15, -0.1) is 0 Å². The van der Waals surface area contributed by atoms with Gasteiger partial charge in [0.1, 0.15) is 0 Å². The van der Waals surface area contributed by atoms with E-state index in [9.17, 15) is 0 Å². The Kier molecular flexibility index (Phi) is 5.13. The Hall–Kier alpha value is -0.940. The maximum absolute atomic E-state index is 5.57. The number of nitrogens with zero attached hydrogens (tertiary/aromatic N) is 2. The molecular weight excluding hydrogens is 230 g/mol. The molecule has 18 heavy (non-hydrogen) atoms. The van der Waals surface area contributed by atoms with E-state index in [0.717, 1.165) is 57.0 Å². The van der Waals surface area contributed by atoms with Crippen LogP contribution in [0.25, 0.3) is 0 Å². The first-order chi connectivity index (χ1) is 8.78. The van der Waals surface area contributed by atoms with Crippen molar-refractivity contribution in [3.63, 3.8) is 0 Å². The summed E-state index contributed by atoms with van der Waals surface area (Å²) in [5.41, 5.74) is 0. The lowest BCUT2D eigenvalue weighted by molar-refractivity contribution is 0.109. The van der Waals surface area contributed by atoms with Crippen molar-refractivity contribution in [3.8, 4) is 0 Å². The summed E-state index contributed by atoms with van der Waals surface area (Å²) >= 11 is 0. The largest absolute Gasteiger partial charge is 0.378 e. The molecule has 0 bridgehead atoms. The van der Waals surface area contributed by atoms with Crippen LogP contribution in [0.5, 0.6) is 0 Å². The quantitative estimate of drug-likeness (QED) is 0.801. The maximum atomic E-state index is 5.57. The molecule has 0 aromatic carbocycles. The average Bonchev–Trinajstić information content (AvgIpc) is 2.99. The van der Waals surface area contributed by atoms with Crippen LogP contribution in [0.2, 0.25) is 0 Å². The predicted octanol–water partition coefficient (Wildman–Crippen LogP) is 1.72. The highest BCUT2D eigenvalue weighted by Crippen LogP contribution is 2.15. The van der Waals surface area contributed by atoms with E-state index in [1.807, 2.05) is 0 Å². The lowest BCUT2D eigenvalue weighted by Crippen LogP contribution is -2.28. The van der Waals surface area contributed by atoms with Crippen LogP contribution in [-0.4, -0.2) is 35.4 Å². The van der Waals surface area contributed by atoms with E-state index < -0.39 is 0 Å². The van der Waals surface area contributed by atoms with Gasteiger partial charge in [0, 0.05) is 25.5 Å². The van der Waals surface area contributed by atoms with E-state index in [0.29, 0.717) is 6.04 Å². The van der Waals surface area contributed by atoms with E-state index in [1.165, 1.54) is 0 Å². The lowest BCUT2D eigenvalue weighted by atomic mass is 10.2. The molecule has 5 nitrogen and oxygen atoms in total. The van der Waals surface area contributed by atoms with E-state index in [4.69, 9.17) is 9.26 Å². The number of hydrogen-bond acceptors (Lipinski definition) is 5. The molecule has 1 saturated heterocycles. The molecule has 0 saturated carbocycles. The first kappa shape index (κ1) is 13.5. The SMILES string of the molecule is CCCNC(C)Cc1nc(CC2CCCO2)no1. The van der Waals surface area contributed by atoms with Crippen molar-refractivity contribution in [3.05, 3.63) is 11.7 Å². The molecule has 1 aromatic rings. The number of aromatic nitrogens is 2. The van der Waals surface area contributed by atoms with E-state index in [1.54, 1.807) is 0 Å². The Labute approximate surface area is 108 Å². The van der Waals surface area contributed by atoms with Crippen molar-refractivity contribution < 1.29 is 9.26 Å². The van der Waals surface area contributed by atoms with Gasteiger partial charge >= 0.3 is 0 Å². The van der Waals surface area contributed by atoms with Crippen LogP contribution in [0.3, 0.4) is 0 Å². The minimum Gasteiger partial charge on any atom is -0.378 e. The van der Waals surface area contributed by atoms with Gasteiger partial charge in [-0.25, -0.2) is 0 Å². The van der Waals surface area contributed by atoms with E-state index in [-0.39, 0.29) is 6.10 Å². The smallest absolute Gasteiger partial charge is 0.228 e. The van der Waals surface area contributed by atoms with Gasteiger partial charge in [0.05, 0.1) is 6.10 Å². The molecule has 1 aliphatic heterocycles. The van der Waals surface area contributed by atoms with Crippen molar-refractivity contribution >= 4 is 0 Å². The fraction of sp³-hybridized carbons (Fsp3) is 0.846. The van der Waals surface area contributed by atoms with Crippen molar-refractivity contribution in [1.82, 2.24) is 15.5 Å². The zero-order valence-corrected chi connectivity index (χ0v) is 11.3. The second-order valence-corrected chi connectivity index (χ2v) is 5.00. The molecule has 0 aliphatic carbocycles. The molecule has 2 heterocycles. The fourth-order valence-electron chi connectivity index (χ4n) is 2.19. The number of rotatable bonds is 7. The Morgan fingerprint density at radius 2 is 2.39 bits per heavy atom. The summed E-state index contributed by atoms with van der Waals surface area (Å²) in [4.78, 5) is 4.42. The highest BCUT2D eigenvalue weighted by atomic mass is 16.5. The van der Waals surface area contributed by atoms with Gasteiger partial charge in [0.25, 0.3) is 0 Å². The third-order valence-electron chi connectivity index (χ3n) is 3.17. The van der Waals surface area contributed by atoms with Gasteiger partial charge in [-0.1, -0.05) is 12.1 Å². The second kappa shape index (κ2) is 6.85. The molecule has 0 radical (unpaired) electrons. The van der Waals surface area contributed by atoms with Gasteiger partial charge < -0.3 is 14.6 Å². The Morgan fingerprint density at radius 3 is 3.11 bits per heavy atom.